The Bertz CT molecular complexity index is 937. The third-order valence-corrected chi connectivity index (χ3v) is 6.22. The van der Waals surface area contributed by atoms with Crippen LogP contribution >= 0.6 is 11.6 Å². The van der Waals surface area contributed by atoms with Gasteiger partial charge in [-0.15, -0.1) is 10.2 Å². The molecule has 1 aromatic heterocycles. The van der Waals surface area contributed by atoms with Gasteiger partial charge < -0.3 is 10.2 Å². The number of rotatable bonds is 4. The quantitative estimate of drug-likeness (QED) is 0.848. The molecule has 1 unspecified atom stereocenters. The molecule has 0 bridgehead atoms. The molecule has 1 atom stereocenters. The van der Waals surface area contributed by atoms with E-state index in [1.54, 1.807) is 18.0 Å². The summed E-state index contributed by atoms with van der Waals surface area (Å²) in [6, 6.07) is 6.76. The molecular formula is C16H16ClFN4O3S. The Balaban J connectivity index is 1.68. The Morgan fingerprint density at radius 2 is 2.08 bits per heavy atom. The average molecular weight is 399 g/mol. The molecule has 7 nitrogen and oxygen atoms in total. The Morgan fingerprint density at radius 3 is 2.65 bits per heavy atom. The van der Waals surface area contributed by atoms with Gasteiger partial charge in [0.25, 0.3) is 5.91 Å². The fourth-order valence-electron chi connectivity index (χ4n) is 2.67. The van der Waals surface area contributed by atoms with Crippen LogP contribution in [0, 0.1) is 5.82 Å². The number of amides is 1. The molecule has 3 rings (SSSR count). The molecule has 0 saturated carbocycles. The standard InChI is InChI=1S/C16H16ClFN4O3S/c1-22(11-6-7-26(24,25)9-11)15-5-4-14(20-21-15)16(23)19-10-2-3-13(18)12(17)8-10/h2-5,8,11H,6-7,9H2,1H3,(H,19,23). The van der Waals surface area contributed by atoms with E-state index < -0.39 is 21.6 Å². The summed E-state index contributed by atoms with van der Waals surface area (Å²) in [6.45, 7) is 0. The Kier molecular flexibility index (Phi) is 5.10. The maximum atomic E-state index is 13.1. The second-order valence-electron chi connectivity index (χ2n) is 6.03. The molecule has 2 aromatic rings. The summed E-state index contributed by atoms with van der Waals surface area (Å²) >= 11 is 5.68. The molecular weight excluding hydrogens is 383 g/mol. The van der Waals surface area contributed by atoms with Crippen LogP contribution in [0.1, 0.15) is 16.9 Å². The van der Waals surface area contributed by atoms with Crippen molar-refractivity contribution in [3.8, 4) is 0 Å². The number of halogens is 2. The smallest absolute Gasteiger partial charge is 0.276 e. The first-order chi connectivity index (χ1) is 12.2. The zero-order chi connectivity index (χ0) is 18.9. The highest BCUT2D eigenvalue weighted by molar-refractivity contribution is 7.91. The van der Waals surface area contributed by atoms with Crippen LogP contribution in [0.3, 0.4) is 0 Å². The first kappa shape index (κ1) is 18.5. The molecule has 1 N–H and O–H groups in total. The van der Waals surface area contributed by atoms with E-state index in [-0.39, 0.29) is 28.3 Å². The van der Waals surface area contributed by atoms with Gasteiger partial charge in [-0.2, -0.15) is 0 Å². The van der Waals surface area contributed by atoms with Crippen molar-refractivity contribution in [1.82, 2.24) is 10.2 Å². The van der Waals surface area contributed by atoms with Crippen molar-refractivity contribution in [3.63, 3.8) is 0 Å². The summed E-state index contributed by atoms with van der Waals surface area (Å²) in [5.74, 6) is -0.369. The highest BCUT2D eigenvalue weighted by atomic mass is 35.5. The summed E-state index contributed by atoms with van der Waals surface area (Å²) in [4.78, 5) is 13.9. The summed E-state index contributed by atoms with van der Waals surface area (Å²) in [5, 5.41) is 10.3. The lowest BCUT2D eigenvalue weighted by Gasteiger charge is -2.23. The van der Waals surface area contributed by atoms with Crippen LogP contribution in [0.2, 0.25) is 5.02 Å². The molecule has 1 saturated heterocycles. The van der Waals surface area contributed by atoms with Crippen molar-refractivity contribution >= 4 is 38.9 Å². The number of hydrogen-bond acceptors (Lipinski definition) is 6. The van der Waals surface area contributed by atoms with Crippen molar-refractivity contribution in [1.29, 1.82) is 0 Å². The van der Waals surface area contributed by atoms with E-state index in [9.17, 15) is 17.6 Å². The Morgan fingerprint density at radius 1 is 1.31 bits per heavy atom. The molecule has 1 amide bonds. The average Bonchev–Trinajstić information content (AvgIpc) is 2.97. The molecule has 138 valence electrons. The molecule has 0 spiro atoms. The minimum absolute atomic E-state index is 0.0710. The van der Waals surface area contributed by atoms with Crippen LogP contribution < -0.4 is 10.2 Å². The monoisotopic (exact) mass is 398 g/mol. The van der Waals surface area contributed by atoms with Gasteiger partial charge in [0.2, 0.25) is 0 Å². The van der Waals surface area contributed by atoms with Crippen LogP contribution in [0.15, 0.2) is 30.3 Å². The van der Waals surface area contributed by atoms with Gasteiger partial charge in [-0.25, -0.2) is 12.8 Å². The lowest BCUT2D eigenvalue weighted by molar-refractivity contribution is 0.102. The second kappa shape index (κ2) is 7.16. The number of aromatic nitrogens is 2. The maximum absolute atomic E-state index is 13.1. The number of carbonyl (C=O) groups excluding carboxylic acids is 1. The van der Waals surface area contributed by atoms with Crippen LogP contribution in [-0.2, 0) is 9.84 Å². The van der Waals surface area contributed by atoms with Crippen LogP contribution in [0.25, 0.3) is 0 Å². The molecule has 0 aliphatic carbocycles. The van der Waals surface area contributed by atoms with Crippen molar-refractivity contribution in [3.05, 3.63) is 46.9 Å². The lowest BCUT2D eigenvalue weighted by atomic mass is 10.2. The van der Waals surface area contributed by atoms with Gasteiger partial charge >= 0.3 is 0 Å². The molecule has 0 radical (unpaired) electrons. The second-order valence-corrected chi connectivity index (χ2v) is 8.66. The zero-order valence-corrected chi connectivity index (χ0v) is 15.4. The summed E-state index contributed by atoms with van der Waals surface area (Å²) < 4.78 is 36.3. The van der Waals surface area contributed by atoms with Gasteiger partial charge in [0.05, 0.1) is 16.5 Å². The maximum Gasteiger partial charge on any atom is 0.276 e. The molecule has 1 aliphatic heterocycles. The molecule has 26 heavy (non-hydrogen) atoms. The molecule has 1 aromatic carbocycles. The first-order valence-electron chi connectivity index (χ1n) is 7.78. The number of carbonyl (C=O) groups is 1. The fourth-order valence-corrected chi connectivity index (χ4v) is 4.63. The number of nitrogens with zero attached hydrogens (tertiary/aromatic N) is 3. The number of sulfone groups is 1. The molecule has 1 fully saturated rings. The third-order valence-electron chi connectivity index (χ3n) is 4.18. The van der Waals surface area contributed by atoms with Crippen molar-refractivity contribution < 1.29 is 17.6 Å². The highest BCUT2D eigenvalue weighted by Gasteiger charge is 2.31. The normalized spacial score (nSPS) is 18.5. The minimum atomic E-state index is -3.00. The van der Waals surface area contributed by atoms with Gasteiger partial charge in [-0.3, -0.25) is 4.79 Å². The summed E-state index contributed by atoms with van der Waals surface area (Å²) in [6.07, 6.45) is 0.536. The van der Waals surface area contributed by atoms with Crippen LogP contribution in [0.4, 0.5) is 15.9 Å². The zero-order valence-electron chi connectivity index (χ0n) is 13.8. The lowest BCUT2D eigenvalue weighted by Crippen LogP contribution is -2.33. The highest BCUT2D eigenvalue weighted by Crippen LogP contribution is 2.22. The van der Waals surface area contributed by atoms with Crippen molar-refractivity contribution in [2.45, 2.75) is 12.5 Å². The van der Waals surface area contributed by atoms with E-state index in [4.69, 9.17) is 11.6 Å². The van der Waals surface area contributed by atoms with Gasteiger partial charge in [-0.1, -0.05) is 11.6 Å². The van der Waals surface area contributed by atoms with E-state index in [2.05, 4.69) is 15.5 Å². The van der Waals surface area contributed by atoms with Crippen LogP contribution in [-0.4, -0.2) is 49.1 Å². The predicted octanol–water partition coefficient (Wildman–Crippen LogP) is 2.14. The molecule has 1 aliphatic rings. The number of anilines is 2. The topological polar surface area (TPSA) is 92.3 Å². The largest absolute Gasteiger partial charge is 0.354 e. The van der Waals surface area contributed by atoms with E-state index in [1.807, 2.05) is 0 Å². The van der Waals surface area contributed by atoms with Crippen LogP contribution in [0.5, 0.6) is 0 Å². The van der Waals surface area contributed by atoms with E-state index in [1.165, 1.54) is 18.2 Å². The van der Waals surface area contributed by atoms with Gasteiger partial charge in [-0.05, 0) is 36.8 Å². The van der Waals surface area contributed by atoms with Gasteiger partial charge in [0.15, 0.2) is 21.3 Å². The van der Waals surface area contributed by atoms with Gasteiger partial charge in [0.1, 0.15) is 5.82 Å². The van der Waals surface area contributed by atoms with E-state index >= 15 is 0 Å². The number of nitrogens with one attached hydrogen (secondary N) is 1. The Hall–Kier alpha value is -2.26. The number of benzene rings is 1. The van der Waals surface area contributed by atoms with Crippen molar-refractivity contribution in [2.75, 3.05) is 28.8 Å². The summed E-state index contributed by atoms with van der Waals surface area (Å²) in [7, 11) is -1.26. The number of hydrogen-bond donors (Lipinski definition) is 1. The fraction of sp³-hybridized carbons (Fsp3) is 0.312. The van der Waals surface area contributed by atoms with E-state index in [0.29, 0.717) is 17.9 Å². The van der Waals surface area contributed by atoms with E-state index in [0.717, 1.165) is 6.07 Å². The third kappa shape index (κ3) is 4.10. The van der Waals surface area contributed by atoms with Gasteiger partial charge in [0, 0.05) is 18.8 Å². The summed E-state index contributed by atoms with van der Waals surface area (Å²) in [5.41, 5.74) is 0.405. The predicted molar refractivity (Wildman–Crippen MR) is 96.9 cm³/mol. The first-order valence-corrected chi connectivity index (χ1v) is 9.98. The molecule has 10 heteroatoms. The van der Waals surface area contributed by atoms with Crippen molar-refractivity contribution in [2.24, 2.45) is 0 Å². The molecule has 2 heterocycles. The Labute approximate surface area is 155 Å². The minimum Gasteiger partial charge on any atom is -0.354 e. The SMILES string of the molecule is CN(c1ccc(C(=O)Nc2ccc(F)c(Cl)c2)nn1)C1CCS(=O)(=O)C1.